The number of aromatic nitrogens is 3. The summed E-state index contributed by atoms with van der Waals surface area (Å²) in [4.78, 5) is 4.21. The van der Waals surface area contributed by atoms with E-state index in [0.29, 0.717) is 11.5 Å². The summed E-state index contributed by atoms with van der Waals surface area (Å²) in [5, 5.41) is 14.6. The predicted octanol–water partition coefficient (Wildman–Crippen LogP) is 4.31. The van der Waals surface area contributed by atoms with Gasteiger partial charge in [-0.15, -0.1) is 0 Å². The molecule has 2 heterocycles. The van der Waals surface area contributed by atoms with E-state index in [-0.39, 0.29) is 5.88 Å². The van der Waals surface area contributed by atoms with Crippen molar-refractivity contribution in [3.63, 3.8) is 0 Å². The lowest BCUT2D eigenvalue weighted by atomic mass is 10.0. The minimum atomic E-state index is 0.0656. The van der Waals surface area contributed by atoms with E-state index >= 15 is 0 Å². The molecule has 0 saturated carbocycles. The average Bonchev–Trinajstić information content (AvgIpc) is 3.05. The Hall–Kier alpha value is -3.40. The van der Waals surface area contributed by atoms with Crippen molar-refractivity contribution in [1.82, 2.24) is 14.8 Å². The number of hydrogen-bond acceptors (Lipinski definition) is 3. The zero-order chi connectivity index (χ0) is 16.4. The third-order valence-electron chi connectivity index (χ3n) is 3.84. The number of nitrogens with zero attached hydrogens (tertiary/aromatic N) is 3. The van der Waals surface area contributed by atoms with Crippen molar-refractivity contribution in [3.8, 4) is 34.1 Å². The molecule has 24 heavy (non-hydrogen) atoms. The number of aromatic hydroxyl groups is 1. The number of rotatable bonds is 3. The smallest absolute Gasteiger partial charge is 0.216 e. The second-order valence-corrected chi connectivity index (χ2v) is 5.43. The fourth-order valence-electron chi connectivity index (χ4n) is 2.62. The molecular formula is C20H15N3O. The summed E-state index contributed by atoms with van der Waals surface area (Å²) in [6, 6.07) is 25.5. The van der Waals surface area contributed by atoms with Crippen LogP contribution in [0.15, 0.2) is 85.1 Å². The van der Waals surface area contributed by atoms with Gasteiger partial charge in [-0.3, -0.25) is 0 Å². The van der Waals surface area contributed by atoms with Gasteiger partial charge in [-0.05, 0) is 23.3 Å². The summed E-state index contributed by atoms with van der Waals surface area (Å²) in [6.45, 7) is 0. The van der Waals surface area contributed by atoms with Gasteiger partial charge in [-0.1, -0.05) is 60.7 Å². The summed E-state index contributed by atoms with van der Waals surface area (Å²) in [6.07, 6.45) is 1.67. The summed E-state index contributed by atoms with van der Waals surface area (Å²) in [7, 11) is 0. The SMILES string of the molecule is Oc1cc(-c2ccc(-c3ccccc3)cc2)nn1-c1ccccn1. The first-order valence-electron chi connectivity index (χ1n) is 7.67. The Labute approximate surface area is 139 Å². The summed E-state index contributed by atoms with van der Waals surface area (Å²) < 4.78 is 1.43. The fraction of sp³-hybridized carbons (Fsp3) is 0. The molecule has 0 bridgehead atoms. The maximum Gasteiger partial charge on any atom is 0.216 e. The van der Waals surface area contributed by atoms with Crippen LogP contribution in [0, 0.1) is 0 Å². The summed E-state index contributed by atoms with van der Waals surface area (Å²) in [5.41, 5.74) is 3.97. The zero-order valence-electron chi connectivity index (χ0n) is 12.9. The molecule has 4 nitrogen and oxygen atoms in total. The highest BCUT2D eigenvalue weighted by molar-refractivity contribution is 5.69. The van der Waals surface area contributed by atoms with Crippen molar-refractivity contribution in [2.45, 2.75) is 0 Å². The second-order valence-electron chi connectivity index (χ2n) is 5.43. The Morgan fingerprint density at radius 3 is 2.08 bits per heavy atom. The van der Waals surface area contributed by atoms with E-state index in [1.165, 1.54) is 10.2 Å². The van der Waals surface area contributed by atoms with Gasteiger partial charge in [-0.25, -0.2) is 4.98 Å². The Balaban J connectivity index is 1.68. The Bertz CT molecular complexity index is 945. The van der Waals surface area contributed by atoms with Crippen molar-refractivity contribution in [3.05, 3.63) is 85.1 Å². The molecular weight excluding hydrogens is 298 g/mol. The quantitative estimate of drug-likeness (QED) is 0.613. The third kappa shape index (κ3) is 2.65. The number of hydrogen-bond donors (Lipinski definition) is 1. The Morgan fingerprint density at radius 1 is 0.708 bits per heavy atom. The van der Waals surface area contributed by atoms with E-state index < -0.39 is 0 Å². The van der Waals surface area contributed by atoms with Gasteiger partial charge in [0.25, 0.3) is 0 Å². The lowest BCUT2D eigenvalue weighted by molar-refractivity contribution is 0.432. The molecule has 116 valence electrons. The molecule has 0 fully saturated rings. The largest absolute Gasteiger partial charge is 0.493 e. The first kappa shape index (κ1) is 14.2. The van der Waals surface area contributed by atoms with E-state index in [1.807, 2.05) is 42.5 Å². The highest BCUT2D eigenvalue weighted by Gasteiger charge is 2.11. The molecule has 0 spiro atoms. The molecule has 0 aliphatic heterocycles. The van der Waals surface area contributed by atoms with Crippen molar-refractivity contribution >= 4 is 0 Å². The van der Waals surface area contributed by atoms with Crippen LogP contribution in [0.1, 0.15) is 0 Å². The zero-order valence-corrected chi connectivity index (χ0v) is 12.9. The minimum Gasteiger partial charge on any atom is -0.493 e. The van der Waals surface area contributed by atoms with Crippen LogP contribution in [-0.4, -0.2) is 19.9 Å². The van der Waals surface area contributed by atoms with Gasteiger partial charge in [0.1, 0.15) is 0 Å². The molecule has 0 saturated heterocycles. The lowest BCUT2D eigenvalue weighted by Crippen LogP contribution is -1.98. The van der Waals surface area contributed by atoms with E-state index in [1.54, 1.807) is 18.3 Å². The molecule has 0 amide bonds. The normalized spacial score (nSPS) is 10.7. The molecule has 2 aromatic heterocycles. The molecule has 0 unspecified atom stereocenters. The van der Waals surface area contributed by atoms with Crippen molar-refractivity contribution in [2.75, 3.05) is 0 Å². The number of benzene rings is 2. The topological polar surface area (TPSA) is 50.9 Å². The van der Waals surface area contributed by atoms with E-state index in [2.05, 4.69) is 34.3 Å². The standard InChI is InChI=1S/C20H15N3O/c24-20-14-18(22-23(20)19-8-4-5-13-21-19)17-11-9-16(10-12-17)15-6-2-1-3-7-15/h1-14,24H. The van der Waals surface area contributed by atoms with Crippen LogP contribution in [0.4, 0.5) is 0 Å². The van der Waals surface area contributed by atoms with Crippen molar-refractivity contribution in [2.24, 2.45) is 0 Å². The van der Waals surface area contributed by atoms with Crippen LogP contribution >= 0.6 is 0 Å². The molecule has 4 aromatic rings. The average molecular weight is 313 g/mol. The Morgan fingerprint density at radius 2 is 1.38 bits per heavy atom. The van der Waals surface area contributed by atoms with Gasteiger partial charge in [0.15, 0.2) is 5.82 Å². The van der Waals surface area contributed by atoms with Gasteiger partial charge in [0, 0.05) is 17.8 Å². The maximum atomic E-state index is 10.1. The van der Waals surface area contributed by atoms with E-state index in [0.717, 1.165) is 11.1 Å². The van der Waals surface area contributed by atoms with Crippen LogP contribution in [0.25, 0.3) is 28.2 Å². The fourth-order valence-corrected chi connectivity index (χ4v) is 2.62. The third-order valence-corrected chi connectivity index (χ3v) is 3.84. The Kier molecular flexibility index (Phi) is 3.56. The number of pyridine rings is 1. The molecule has 4 heteroatoms. The summed E-state index contributed by atoms with van der Waals surface area (Å²) in [5.74, 6) is 0.651. The highest BCUT2D eigenvalue weighted by Crippen LogP contribution is 2.27. The monoisotopic (exact) mass is 313 g/mol. The second kappa shape index (κ2) is 6.01. The first-order valence-corrected chi connectivity index (χ1v) is 7.67. The van der Waals surface area contributed by atoms with Gasteiger partial charge in [0.05, 0.1) is 5.69 Å². The molecule has 0 radical (unpaired) electrons. The van der Waals surface area contributed by atoms with Gasteiger partial charge < -0.3 is 5.11 Å². The molecule has 0 atom stereocenters. The summed E-state index contributed by atoms with van der Waals surface area (Å²) >= 11 is 0. The molecule has 4 rings (SSSR count). The molecule has 1 N–H and O–H groups in total. The molecule has 0 aliphatic rings. The van der Waals surface area contributed by atoms with Crippen LogP contribution < -0.4 is 0 Å². The first-order chi connectivity index (χ1) is 11.8. The van der Waals surface area contributed by atoms with Crippen LogP contribution in [0.2, 0.25) is 0 Å². The van der Waals surface area contributed by atoms with Gasteiger partial charge in [-0.2, -0.15) is 9.78 Å². The van der Waals surface area contributed by atoms with Crippen LogP contribution in [0.5, 0.6) is 5.88 Å². The molecule has 2 aromatic carbocycles. The van der Waals surface area contributed by atoms with E-state index in [9.17, 15) is 5.11 Å². The minimum absolute atomic E-state index is 0.0656. The van der Waals surface area contributed by atoms with Gasteiger partial charge >= 0.3 is 0 Å². The van der Waals surface area contributed by atoms with Crippen molar-refractivity contribution in [1.29, 1.82) is 0 Å². The van der Waals surface area contributed by atoms with Crippen LogP contribution in [-0.2, 0) is 0 Å². The predicted molar refractivity (Wildman–Crippen MR) is 93.9 cm³/mol. The lowest BCUT2D eigenvalue weighted by Gasteiger charge is -2.03. The van der Waals surface area contributed by atoms with E-state index in [4.69, 9.17) is 0 Å². The van der Waals surface area contributed by atoms with Crippen LogP contribution in [0.3, 0.4) is 0 Å². The maximum absolute atomic E-state index is 10.1. The van der Waals surface area contributed by atoms with Gasteiger partial charge in [0.2, 0.25) is 5.88 Å². The highest BCUT2D eigenvalue weighted by atomic mass is 16.3. The van der Waals surface area contributed by atoms with Crippen molar-refractivity contribution < 1.29 is 5.11 Å². The molecule has 0 aliphatic carbocycles.